The third kappa shape index (κ3) is 5.58. The number of anilines is 1. The second-order valence-electron chi connectivity index (χ2n) is 7.75. The maximum atomic E-state index is 13.9. The van der Waals surface area contributed by atoms with Crippen molar-refractivity contribution in [2.75, 3.05) is 39.3 Å². The summed E-state index contributed by atoms with van der Waals surface area (Å²) in [4.78, 5) is 6.93. The molecule has 0 fully saturated rings. The van der Waals surface area contributed by atoms with Crippen LogP contribution >= 0.6 is 11.3 Å². The predicted molar refractivity (Wildman–Crippen MR) is 137 cm³/mol. The van der Waals surface area contributed by atoms with Crippen molar-refractivity contribution in [3.05, 3.63) is 71.5 Å². The largest absolute Gasteiger partial charge is 0.493 e. The first-order valence-corrected chi connectivity index (χ1v) is 11.9. The van der Waals surface area contributed by atoms with E-state index in [-0.39, 0.29) is 12.4 Å². The van der Waals surface area contributed by atoms with E-state index >= 15 is 0 Å². The number of nitrogens with zero attached hydrogens (tertiary/aromatic N) is 2. The minimum atomic E-state index is -0.299. The van der Waals surface area contributed by atoms with E-state index in [1.54, 1.807) is 50.9 Å². The van der Waals surface area contributed by atoms with Crippen LogP contribution in [0, 0.1) is 5.82 Å². The van der Waals surface area contributed by atoms with Crippen LogP contribution in [0.15, 0.2) is 54.6 Å². The summed E-state index contributed by atoms with van der Waals surface area (Å²) in [6.07, 6.45) is 0. The lowest BCUT2D eigenvalue weighted by Crippen LogP contribution is -2.28. The third-order valence-corrected chi connectivity index (χ3v) is 6.57. The number of benzene rings is 3. The van der Waals surface area contributed by atoms with E-state index < -0.39 is 0 Å². The highest BCUT2D eigenvalue weighted by atomic mass is 32.1. The van der Waals surface area contributed by atoms with Crippen molar-refractivity contribution in [2.45, 2.75) is 13.2 Å². The van der Waals surface area contributed by atoms with Crippen LogP contribution in [-0.2, 0) is 13.2 Å². The molecule has 0 aliphatic heterocycles. The van der Waals surface area contributed by atoms with Crippen LogP contribution in [0.4, 0.5) is 9.52 Å². The highest BCUT2D eigenvalue weighted by Gasteiger charge is 2.17. The molecule has 7 nitrogen and oxygen atoms in total. The zero-order valence-corrected chi connectivity index (χ0v) is 20.7. The van der Waals surface area contributed by atoms with Gasteiger partial charge in [0, 0.05) is 37.3 Å². The quantitative estimate of drug-likeness (QED) is 0.312. The summed E-state index contributed by atoms with van der Waals surface area (Å²) in [7, 11) is 4.80. The van der Waals surface area contributed by atoms with Gasteiger partial charge in [0.05, 0.1) is 31.5 Å². The van der Waals surface area contributed by atoms with Gasteiger partial charge in [0.25, 0.3) is 0 Å². The summed E-state index contributed by atoms with van der Waals surface area (Å²) in [5.41, 5.74) is 8.23. The number of aromatic nitrogens is 1. The smallest absolute Gasteiger partial charge is 0.186 e. The molecule has 0 atom stereocenters. The number of halogens is 1. The second-order valence-corrected chi connectivity index (χ2v) is 8.76. The fourth-order valence-electron chi connectivity index (χ4n) is 3.70. The minimum Gasteiger partial charge on any atom is -0.493 e. The van der Waals surface area contributed by atoms with Crippen LogP contribution in [0.25, 0.3) is 10.2 Å². The number of nitrogens with two attached hydrogens (primary N) is 1. The number of hydrogen-bond donors (Lipinski definition) is 1. The van der Waals surface area contributed by atoms with Crippen LogP contribution in [-0.4, -0.2) is 39.4 Å². The lowest BCUT2D eigenvalue weighted by atomic mass is 10.2. The average molecular weight is 498 g/mol. The summed E-state index contributed by atoms with van der Waals surface area (Å²) in [6, 6.07) is 16.1. The molecule has 0 unspecified atom stereocenters. The molecule has 35 heavy (non-hydrogen) atoms. The van der Waals surface area contributed by atoms with E-state index in [1.165, 1.54) is 6.07 Å². The van der Waals surface area contributed by atoms with E-state index in [2.05, 4.69) is 4.90 Å². The zero-order chi connectivity index (χ0) is 24.8. The Morgan fingerprint density at radius 2 is 1.63 bits per heavy atom. The molecule has 4 aromatic rings. The molecule has 0 amide bonds. The first-order chi connectivity index (χ1) is 17.1. The van der Waals surface area contributed by atoms with Gasteiger partial charge in [-0.25, -0.2) is 9.37 Å². The van der Waals surface area contributed by atoms with Gasteiger partial charge in [-0.05, 0) is 23.8 Å². The molecular formula is C26H28FN3O4S. The van der Waals surface area contributed by atoms with Crippen LogP contribution in [0.3, 0.4) is 0 Å². The Morgan fingerprint density at radius 3 is 2.34 bits per heavy atom. The number of ether oxygens (including phenoxy) is 4. The SMILES string of the molecule is COc1cc2nc(N(CCN)Cc3ccc(OCc4ccccc4F)c(OC)c3)sc2cc1OC. The highest BCUT2D eigenvalue weighted by molar-refractivity contribution is 7.22. The van der Waals surface area contributed by atoms with Crippen LogP contribution < -0.4 is 29.6 Å². The van der Waals surface area contributed by atoms with E-state index in [0.29, 0.717) is 48.2 Å². The number of rotatable bonds is 11. The van der Waals surface area contributed by atoms with Gasteiger partial charge in [-0.15, -0.1) is 0 Å². The summed E-state index contributed by atoms with van der Waals surface area (Å²) >= 11 is 1.57. The van der Waals surface area contributed by atoms with Gasteiger partial charge in [-0.1, -0.05) is 35.6 Å². The van der Waals surface area contributed by atoms with E-state index in [0.717, 1.165) is 20.9 Å². The Labute approximate surface area is 207 Å². The van der Waals surface area contributed by atoms with E-state index in [9.17, 15) is 4.39 Å². The summed E-state index contributed by atoms with van der Waals surface area (Å²) in [5.74, 6) is 2.12. The molecule has 0 aliphatic rings. The van der Waals surface area contributed by atoms with Crippen molar-refractivity contribution < 1.29 is 23.3 Å². The second kappa shape index (κ2) is 11.2. The van der Waals surface area contributed by atoms with Crippen molar-refractivity contribution in [1.82, 2.24) is 4.98 Å². The maximum Gasteiger partial charge on any atom is 0.186 e. The van der Waals surface area contributed by atoms with Crippen molar-refractivity contribution in [3.8, 4) is 23.0 Å². The molecule has 1 heterocycles. The molecule has 1 aromatic heterocycles. The van der Waals surface area contributed by atoms with E-state index in [4.69, 9.17) is 29.7 Å². The lowest BCUT2D eigenvalue weighted by molar-refractivity contribution is 0.279. The highest BCUT2D eigenvalue weighted by Crippen LogP contribution is 2.38. The molecule has 0 bridgehead atoms. The number of hydrogen-bond acceptors (Lipinski definition) is 8. The van der Waals surface area contributed by atoms with E-state index in [1.807, 2.05) is 30.3 Å². The van der Waals surface area contributed by atoms with Crippen molar-refractivity contribution in [1.29, 1.82) is 0 Å². The van der Waals surface area contributed by atoms with Crippen LogP contribution in [0.1, 0.15) is 11.1 Å². The lowest BCUT2D eigenvalue weighted by Gasteiger charge is -2.22. The standard InChI is InChI=1S/C26H28FN3O4S/c1-31-22-12-17(8-9-21(22)34-16-18-6-4-5-7-19(18)27)15-30(11-10-28)26-29-20-13-23(32-2)24(33-3)14-25(20)35-26/h4-9,12-14H,10-11,15-16,28H2,1-3H3. The molecule has 0 aliphatic carbocycles. The average Bonchev–Trinajstić information content (AvgIpc) is 3.30. The number of methoxy groups -OCH3 is 3. The number of thiazole rings is 1. The van der Waals surface area contributed by atoms with Gasteiger partial charge in [0.2, 0.25) is 0 Å². The van der Waals surface area contributed by atoms with Gasteiger partial charge < -0.3 is 29.6 Å². The van der Waals surface area contributed by atoms with Crippen LogP contribution in [0.5, 0.6) is 23.0 Å². The molecule has 0 spiro atoms. The zero-order valence-electron chi connectivity index (χ0n) is 19.9. The summed E-state index contributed by atoms with van der Waals surface area (Å²) in [6.45, 7) is 1.79. The monoisotopic (exact) mass is 497 g/mol. The fraction of sp³-hybridized carbons (Fsp3) is 0.269. The molecule has 0 radical (unpaired) electrons. The first kappa shape index (κ1) is 24.6. The van der Waals surface area contributed by atoms with Gasteiger partial charge in [-0.2, -0.15) is 0 Å². The Bertz CT molecular complexity index is 1260. The van der Waals surface area contributed by atoms with Gasteiger partial charge in [0.15, 0.2) is 28.1 Å². The van der Waals surface area contributed by atoms with Crippen molar-refractivity contribution in [2.24, 2.45) is 5.73 Å². The first-order valence-electron chi connectivity index (χ1n) is 11.1. The molecular weight excluding hydrogens is 469 g/mol. The molecule has 184 valence electrons. The molecule has 4 rings (SSSR count). The Hall–Kier alpha value is -3.56. The van der Waals surface area contributed by atoms with Crippen molar-refractivity contribution in [3.63, 3.8) is 0 Å². The molecule has 9 heteroatoms. The topological polar surface area (TPSA) is 79.1 Å². The van der Waals surface area contributed by atoms with Gasteiger partial charge in [0.1, 0.15) is 12.4 Å². The van der Waals surface area contributed by atoms with Gasteiger partial charge in [-0.3, -0.25) is 0 Å². The Morgan fingerprint density at radius 1 is 0.914 bits per heavy atom. The van der Waals surface area contributed by atoms with Crippen molar-refractivity contribution >= 4 is 26.7 Å². The minimum absolute atomic E-state index is 0.111. The van der Waals surface area contributed by atoms with Crippen LogP contribution in [0.2, 0.25) is 0 Å². The summed E-state index contributed by atoms with van der Waals surface area (Å²) < 4.78 is 37.1. The molecule has 0 saturated heterocycles. The predicted octanol–water partition coefficient (Wildman–Crippen LogP) is 5.01. The summed E-state index contributed by atoms with van der Waals surface area (Å²) in [5, 5.41) is 0.847. The third-order valence-electron chi connectivity index (χ3n) is 5.49. The molecule has 0 saturated carbocycles. The maximum absolute atomic E-state index is 13.9. The Kier molecular flexibility index (Phi) is 7.89. The Balaban J connectivity index is 1.55. The molecule has 2 N–H and O–H groups in total. The van der Waals surface area contributed by atoms with Gasteiger partial charge >= 0.3 is 0 Å². The normalized spacial score (nSPS) is 10.9. The fourth-order valence-corrected chi connectivity index (χ4v) is 4.70. The number of fused-ring (bicyclic) bond motifs is 1. The molecule has 3 aromatic carbocycles.